The molecule has 0 aliphatic heterocycles. The van der Waals surface area contributed by atoms with Crippen LogP contribution in [0.2, 0.25) is 0 Å². The maximum atomic E-state index is 6.20. The van der Waals surface area contributed by atoms with Gasteiger partial charge in [-0.3, -0.25) is 0 Å². The molecule has 0 spiro atoms. The zero-order chi connectivity index (χ0) is 12.8. The molecule has 0 amide bonds. The molecule has 2 aromatic rings. The number of nitrogens with two attached hydrogens (primary N) is 1. The first-order chi connectivity index (χ1) is 8.75. The molecule has 2 N–H and O–H groups in total. The van der Waals surface area contributed by atoms with Crippen LogP contribution in [0.5, 0.6) is 0 Å². The van der Waals surface area contributed by atoms with Gasteiger partial charge in [0.1, 0.15) is 0 Å². The van der Waals surface area contributed by atoms with Crippen LogP contribution in [0.4, 0.5) is 0 Å². The molecule has 2 rings (SSSR count). The van der Waals surface area contributed by atoms with E-state index >= 15 is 0 Å². The van der Waals surface area contributed by atoms with Gasteiger partial charge in [-0.2, -0.15) is 0 Å². The Kier molecular flexibility index (Phi) is 4.54. The Bertz CT molecular complexity index is 476. The molecule has 0 fully saturated rings. The van der Waals surface area contributed by atoms with E-state index in [-0.39, 0.29) is 6.04 Å². The van der Waals surface area contributed by atoms with E-state index in [9.17, 15) is 0 Å². The molecule has 0 saturated carbocycles. The van der Waals surface area contributed by atoms with E-state index in [0.717, 1.165) is 19.3 Å². The van der Waals surface area contributed by atoms with Crippen LogP contribution in [0.15, 0.2) is 54.6 Å². The summed E-state index contributed by atoms with van der Waals surface area (Å²) >= 11 is 0. The molecule has 1 atom stereocenters. The average molecular weight is 239 g/mol. The normalized spacial score (nSPS) is 12.3. The first-order valence-electron chi connectivity index (χ1n) is 6.59. The molecule has 18 heavy (non-hydrogen) atoms. The molecule has 0 aliphatic rings. The van der Waals surface area contributed by atoms with E-state index in [0.29, 0.717) is 0 Å². The van der Waals surface area contributed by atoms with Gasteiger partial charge in [0.05, 0.1) is 0 Å². The van der Waals surface area contributed by atoms with E-state index in [1.165, 1.54) is 16.7 Å². The third-order valence-corrected chi connectivity index (χ3v) is 3.39. The van der Waals surface area contributed by atoms with Crippen LogP contribution < -0.4 is 5.73 Å². The van der Waals surface area contributed by atoms with Gasteiger partial charge in [-0.1, -0.05) is 54.6 Å². The fourth-order valence-electron chi connectivity index (χ4n) is 2.25. The van der Waals surface area contributed by atoms with Crippen LogP contribution in [0, 0.1) is 6.92 Å². The summed E-state index contributed by atoms with van der Waals surface area (Å²) in [6.45, 7) is 2.16. The number of aryl methyl sites for hydroxylation is 2. The van der Waals surface area contributed by atoms with Crippen molar-refractivity contribution in [2.45, 2.75) is 32.2 Å². The Morgan fingerprint density at radius 1 is 0.944 bits per heavy atom. The Balaban J connectivity index is 1.86. The monoisotopic (exact) mass is 239 g/mol. The first-order valence-corrected chi connectivity index (χ1v) is 6.59. The molecule has 0 aromatic heterocycles. The fourth-order valence-corrected chi connectivity index (χ4v) is 2.25. The van der Waals surface area contributed by atoms with Gasteiger partial charge in [0, 0.05) is 6.04 Å². The second-order valence-corrected chi connectivity index (χ2v) is 4.91. The second kappa shape index (κ2) is 6.36. The fraction of sp³-hybridized carbons (Fsp3) is 0.294. The summed E-state index contributed by atoms with van der Waals surface area (Å²) in [6, 6.07) is 19.3. The topological polar surface area (TPSA) is 26.0 Å². The molecular weight excluding hydrogens is 218 g/mol. The lowest BCUT2D eigenvalue weighted by Crippen LogP contribution is -2.23. The zero-order valence-corrected chi connectivity index (χ0v) is 11.0. The highest BCUT2D eigenvalue weighted by atomic mass is 14.6. The second-order valence-electron chi connectivity index (χ2n) is 4.91. The summed E-state index contributed by atoms with van der Waals surface area (Å²) in [5.41, 5.74) is 10.3. The summed E-state index contributed by atoms with van der Waals surface area (Å²) in [5.74, 6) is 0. The Hall–Kier alpha value is -1.60. The van der Waals surface area contributed by atoms with Crippen LogP contribution in [0.3, 0.4) is 0 Å². The van der Waals surface area contributed by atoms with Crippen molar-refractivity contribution >= 4 is 0 Å². The number of hydrogen-bond donors (Lipinski definition) is 1. The molecule has 0 radical (unpaired) electrons. The molecule has 2 aromatic carbocycles. The molecule has 0 aliphatic carbocycles. The lowest BCUT2D eigenvalue weighted by atomic mass is 9.98. The van der Waals surface area contributed by atoms with Gasteiger partial charge in [-0.15, -0.1) is 0 Å². The zero-order valence-electron chi connectivity index (χ0n) is 11.0. The summed E-state index contributed by atoms with van der Waals surface area (Å²) in [7, 11) is 0. The molecule has 0 bridgehead atoms. The molecule has 94 valence electrons. The molecule has 1 heteroatoms. The van der Waals surface area contributed by atoms with Crippen molar-refractivity contribution < 1.29 is 0 Å². The maximum Gasteiger partial charge on any atom is 0.00824 e. The third-order valence-electron chi connectivity index (χ3n) is 3.39. The highest BCUT2D eigenvalue weighted by molar-refractivity contribution is 5.25. The highest BCUT2D eigenvalue weighted by Gasteiger charge is 2.05. The lowest BCUT2D eigenvalue weighted by molar-refractivity contribution is 0.609. The van der Waals surface area contributed by atoms with Crippen molar-refractivity contribution in [3.8, 4) is 0 Å². The van der Waals surface area contributed by atoms with Gasteiger partial charge in [0.15, 0.2) is 0 Å². The van der Waals surface area contributed by atoms with Crippen molar-refractivity contribution in [3.63, 3.8) is 0 Å². The third kappa shape index (κ3) is 3.71. The number of benzene rings is 2. The van der Waals surface area contributed by atoms with Gasteiger partial charge >= 0.3 is 0 Å². The number of hydrogen-bond acceptors (Lipinski definition) is 1. The summed E-state index contributed by atoms with van der Waals surface area (Å²) in [4.78, 5) is 0. The predicted molar refractivity (Wildman–Crippen MR) is 77.6 cm³/mol. The molecule has 1 nitrogen and oxygen atoms in total. The van der Waals surface area contributed by atoms with Crippen LogP contribution in [0.1, 0.15) is 23.1 Å². The molecule has 1 unspecified atom stereocenters. The predicted octanol–water partition coefficient (Wildman–Crippen LogP) is 3.50. The van der Waals surface area contributed by atoms with Gasteiger partial charge < -0.3 is 5.73 Å². The Morgan fingerprint density at radius 3 is 2.33 bits per heavy atom. The minimum absolute atomic E-state index is 0.243. The van der Waals surface area contributed by atoms with Crippen molar-refractivity contribution in [1.82, 2.24) is 0 Å². The Labute approximate surface area is 110 Å². The largest absolute Gasteiger partial charge is 0.327 e. The summed E-state index contributed by atoms with van der Waals surface area (Å²) in [6.07, 6.45) is 3.08. The van der Waals surface area contributed by atoms with Crippen molar-refractivity contribution in [2.75, 3.05) is 0 Å². The van der Waals surface area contributed by atoms with E-state index in [2.05, 4.69) is 55.5 Å². The minimum Gasteiger partial charge on any atom is -0.327 e. The van der Waals surface area contributed by atoms with Crippen LogP contribution in [-0.4, -0.2) is 6.04 Å². The summed E-state index contributed by atoms with van der Waals surface area (Å²) in [5, 5.41) is 0. The van der Waals surface area contributed by atoms with E-state index < -0.39 is 0 Å². The lowest BCUT2D eigenvalue weighted by Gasteiger charge is -2.12. The molecule has 0 heterocycles. The first kappa shape index (κ1) is 12.8. The van der Waals surface area contributed by atoms with Gasteiger partial charge in [0.2, 0.25) is 0 Å². The van der Waals surface area contributed by atoms with Crippen molar-refractivity contribution in [2.24, 2.45) is 5.73 Å². The van der Waals surface area contributed by atoms with E-state index in [4.69, 9.17) is 5.73 Å². The quantitative estimate of drug-likeness (QED) is 0.849. The highest BCUT2D eigenvalue weighted by Crippen LogP contribution is 2.12. The van der Waals surface area contributed by atoms with Crippen LogP contribution in [-0.2, 0) is 12.8 Å². The van der Waals surface area contributed by atoms with Gasteiger partial charge in [-0.25, -0.2) is 0 Å². The minimum atomic E-state index is 0.243. The van der Waals surface area contributed by atoms with E-state index in [1.54, 1.807) is 0 Å². The van der Waals surface area contributed by atoms with E-state index in [1.807, 2.05) is 6.07 Å². The van der Waals surface area contributed by atoms with Gasteiger partial charge in [0.25, 0.3) is 0 Å². The summed E-state index contributed by atoms with van der Waals surface area (Å²) < 4.78 is 0. The smallest absolute Gasteiger partial charge is 0.00824 e. The average Bonchev–Trinajstić information content (AvgIpc) is 2.39. The standard InChI is InChI=1S/C17H21N/c1-14-7-5-6-10-16(14)11-12-17(18)13-15-8-3-2-4-9-15/h2-10,17H,11-13,18H2,1H3. The Morgan fingerprint density at radius 2 is 1.61 bits per heavy atom. The van der Waals surface area contributed by atoms with Crippen LogP contribution >= 0.6 is 0 Å². The molecular formula is C17H21N. The van der Waals surface area contributed by atoms with Crippen molar-refractivity contribution in [3.05, 3.63) is 71.3 Å². The SMILES string of the molecule is Cc1ccccc1CCC(N)Cc1ccccc1. The van der Waals surface area contributed by atoms with Gasteiger partial charge in [-0.05, 0) is 42.9 Å². The maximum absolute atomic E-state index is 6.20. The van der Waals surface area contributed by atoms with Crippen molar-refractivity contribution in [1.29, 1.82) is 0 Å². The molecule has 0 saturated heterocycles. The number of rotatable bonds is 5. The van der Waals surface area contributed by atoms with Crippen LogP contribution in [0.25, 0.3) is 0 Å².